The van der Waals surface area contributed by atoms with Crippen molar-refractivity contribution in [1.29, 1.82) is 0 Å². The van der Waals surface area contributed by atoms with E-state index in [0.29, 0.717) is 44.1 Å². The summed E-state index contributed by atoms with van der Waals surface area (Å²) in [5.41, 5.74) is -0.591. The number of rotatable bonds is 10. The SMILES string of the molecule is CCC[C@H](NC(=O)C1(NC(=O)c2ccc(OC(F)(F)F)cc2)CCCCC1)C(=O)c1nnc(-c2ccccc2)o1. The molecule has 1 atom stereocenters. The van der Waals surface area contributed by atoms with Crippen molar-refractivity contribution in [3.05, 3.63) is 66.1 Å². The molecule has 2 aromatic carbocycles. The number of benzene rings is 2. The zero-order valence-electron chi connectivity index (χ0n) is 21.8. The van der Waals surface area contributed by atoms with Crippen molar-refractivity contribution in [1.82, 2.24) is 20.8 Å². The average Bonchev–Trinajstić information content (AvgIpc) is 3.43. The molecule has 12 heteroatoms. The van der Waals surface area contributed by atoms with Crippen molar-refractivity contribution in [2.45, 2.75) is 69.8 Å². The second-order valence-electron chi connectivity index (χ2n) is 9.63. The van der Waals surface area contributed by atoms with Crippen LogP contribution in [0.2, 0.25) is 0 Å². The number of nitrogens with one attached hydrogen (secondary N) is 2. The second kappa shape index (κ2) is 12.3. The van der Waals surface area contributed by atoms with E-state index in [1.54, 1.807) is 24.3 Å². The largest absolute Gasteiger partial charge is 0.573 e. The molecule has 1 saturated carbocycles. The van der Waals surface area contributed by atoms with E-state index in [4.69, 9.17) is 4.42 Å². The highest BCUT2D eigenvalue weighted by molar-refractivity contribution is 6.02. The summed E-state index contributed by atoms with van der Waals surface area (Å²) in [5, 5.41) is 13.4. The van der Waals surface area contributed by atoms with Gasteiger partial charge in [-0.1, -0.05) is 50.8 Å². The molecule has 4 rings (SSSR count). The number of Topliss-reactive ketones (excluding diaryl/α,β-unsaturated/α-hetero) is 1. The molecule has 0 bridgehead atoms. The fourth-order valence-electron chi connectivity index (χ4n) is 4.68. The second-order valence-corrected chi connectivity index (χ2v) is 9.63. The fourth-order valence-corrected chi connectivity index (χ4v) is 4.68. The minimum absolute atomic E-state index is 0.0627. The number of carbonyl (C=O) groups is 3. The maximum Gasteiger partial charge on any atom is 0.573 e. The van der Waals surface area contributed by atoms with Crippen molar-refractivity contribution in [3.63, 3.8) is 0 Å². The predicted octanol–water partition coefficient (Wildman–Crippen LogP) is 5.24. The van der Waals surface area contributed by atoms with E-state index in [9.17, 15) is 27.6 Å². The van der Waals surface area contributed by atoms with Crippen molar-refractivity contribution in [2.75, 3.05) is 0 Å². The first-order chi connectivity index (χ1) is 19.1. The van der Waals surface area contributed by atoms with Crippen LogP contribution in [-0.4, -0.2) is 45.7 Å². The summed E-state index contributed by atoms with van der Waals surface area (Å²) in [5.74, 6) is -2.21. The van der Waals surface area contributed by atoms with Gasteiger partial charge in [-0.25, -0.2) is 0 Å². The molecule has 0 saturated heterocycles. The minimum atomic E-state index is -4.86. The first-order valence-corrected chi connectivity index (χ1v) is 13.0. The van der Waals surface area contributed by atoms with Crippen LogP contribution >= 0.6 is 0 Å². The number of hydrogen-bond donors (Lipinski definition) is 2. The smallest absolute Gasteiger partial charge is 0.414 e. The van der Waals surface area contributed by atoms with Crippen LogP contribution in [0.4, 0.5) is 13.2 Å². The minimum Gasteiger partial charge on any atom is -0.414 e. The van der Waals surface area contributed by atoms with Gasteiger partial charge in [-0.3, -0.25) is 14.4 Å². The number of carbonyl (C=O) groups excluding carboxylic acids is 3. The number of alkyl halides is 3. The van der Waals surface area contributed by atoms with E-state index < -0.39 is 41.3 Å². The Labute approximate surface area is 228 Å². The molecular formula is C28H29F3N4O5. The summed E-state index contributed by atoms with van der Waals surface area (Å²) in [6.07, 6.45) is -1.09. The van der Waals surface area contributed by atoms with Crippen LogP contribution in [0.15, 0.2) is 59.0 Å². The third-order valence-corrected chi connectivity index (χ3v) is 6.70. The lowest BCUT2D eigenvalue weighted by Crippen LogP contribution is -2.62. The van der Waals surface area contributed by atoms with E-state index >= 15 is 0 Å². The zero-order chi connectivity index (χ0) is 28.8. The summed E-state index contributed by atoms with van der Waals surface area (Å²) in [6, 6.07) is 12.4. The molecule has 1 aromatic heterocycles. The van der Waals surface area contributed by atoms with E-state index in [1.807, 2.05) is 13.0 Å². The van der Waals surface area contributed by atoms with E-state index in [2.05, 4.69) is 25.6 Å². The van der Waals surface area contributed by atoms with Crippen LogP contribution in [0.5, 0.6) is 5.75 Å². The Hall–Kier alpha value is -4.22. The third kappa shape index (κ3) is 7.04. The van der Waals surface area contributed by atoms with Crippen LogP contribution in [0.25, 0.3) is 11.5 Å². The lowest BCUT2D eigenvalue weighted by molar-refractivity contribution is -0.274. The van der Waals surface area contributed by atoms with Gasteiger partial charge in [0.2, 0.25) is 17.6 Å². The highest BCUT2D eigenvalue weighted by atomic mass is 19.4. The van der Waals surface area contributed by atoms with E-state index in [0.717, 1.165) is 18.6 Å². The fraction of sp³-hybridized carbons (Fsp3) is 0.393. The third-order valence-electron chi connectivity index (χ3n) is 6.70. The number of amides is 2. The number of nitrogens with zero attached hydrogens (tertiary/aromatic N) is 2. The lowest BCUT2D eigenvalue weighted by atomic mass is 9.80. The van der Waals surface area contributed by atoms with Crippen LogP contribution in [0.1, 0.15) is 72.9 Å². The Morgan fingerprint density at radius 3 is 2.30 bits per heavy atom. The van der Waals surface area contributed by atoms with Gasteiger partial charge in [0, 0.05) is 11.1 Å². The Morgan fingerprint density at radius 2 is 1.68 bits per heavy atom. The quantitative estimate of drug-likeness (QED) is 0.327. The summed E-state index contributed by atoms with van der Waals surface area (Å²) >= 11 is 0. The molecule has 2 N–H and O–H groups in total. The highest BCUT2D eigenvalue weighted by Gasteiger charge is 2.43. The lowest BCUT2D eigenvalue weighted by Gasteiger charge is -2.37. The van der Waals surface area contributed by atoms with Gasteiger partial charge >= 0.3 is 6.36 Å². The normalized spacial score (nSPS) is 15.6. The van der Waals surface area contributed by atoms with Gasteiger partial charge in [0.15, 0.2) is 0 Å². The van der Waals surface area contributed by atoms with Crippen molar-refractivity contribution in [3.8, 4) is 17.2 Å². The number of ether oxygens (including phenoxy) is 1. The zero-order valence-corrected chi connectivity index (χ0v) is 21.8. The molecule has 1 aliphatic carbocycles. The molecule has 0 radical (unpaired) electrons. The van der Waals surface area contributed by atoms with Crippen molar-refractivity contribution >= 4 is 17.6 Å². The topological polar surface area (TPSA) is 123 Å². The first-order valence-electron chi connectivity index (χ1n) is 13.0. The molecule has 1 aliphatic rings. The Balaban J connectivity index is 1.49. The maximum atomic E-state index is 13.7. The van der Waals surface area contributed by atoms with Crippen LogP contribution < -0.4 is 15.4 Å². The summed E-state index contributed by atoms with van der Waals surface area (Å²) in [6.45, 7) is 1.86. The predicted molar refractivity (Wildman–Crippen MR) is 137 cm³/mol. The number of hydrogen-bond acceptors (Lipinski definition) is 7. The van der Waals surface area contributed by atoms with Gasteiger partial charge in [0.25, 0.3) is 11.8 Å². The van der Waals surface area contributed by atoms with Crippen molar-refractivity contribution in [2.24, 2.45) is 0 Å². The molecule has 0 unspecified atom stereocenters. The highest BCUT2D eigenvalue weighted by Crippen LogP contribution is 2.30. The first kappa shape index (κ1) is 28.8. The molecule has 0 spiro atoms. The van der Waals surface area contributed by atoms with Gasteiger partial charge in [0.1, 0.15) is 11.3 Å². The standard InChI is InChI=1S/C28H29F3N4O5/c1-2-9-21(22(36)25-35-34-24(39-25)19-10-5-3-6-11-19)32-26(38)27(16-7-4-8-17-27)33-23(37)18-12-14-20(15-13-18)40-28(29,30)31/h3,5-6,10-15,21H,2,4,7-9,16-17H2,1H3,(H,32,38)(H,33,37)/t21-/m0/s1. The number of aromatic nitrogens is 2. The summed E-state index contributed by atoms with van der Waals surface area (Å²) in [4.78, 5) is 40.0. The number of halogens is 3. The molecule has 2 amide bonds. The molecule has 1 fully saturated rings. The molecule has 9 nitrogen and oxygen atoms in total. The monoisotopic (exact) mass is 558 g/mol. The molecular weight excluding hydrogens is 529 g/mol. The van der Waals surface area contributed by atoms with Crippen LogP contribution in [0, 0.1) is 0 Å². The van der Waals surface area contributed by atoms with E-state index in [-0.39, 0.29) is 17.3 Å². The van der Waals surface area contributed by atoms with Crippen molar-refractivity contribution < 1.29 is 36.7 Å². The Kier molecular flexibility index (Phi) is 8.86. The molecule has 0 aliphatic heterocycles. The molecule has 212 valence electrons. The molecule has 1 heterocycles. The van der Waals surface area contributed by atoms with Crippen LogP contribution in [-0.2, 0) is 4.79 Å². The molecule has 3 aromatic rings. The molecule has 40 heavy (non-hydrogen) atoms. The number of ketones is 1. The van der Waals surface area contributed by atoms with Gasteiger partial charge in [0.05, 0.1) is 6.04 Å². The van der Waals surface area contributed by atoms with Gasteiger partial charge in [-0.15, -0.1) is 23.4 Å². The van der Waals surface area contributed by atoms with Gasteiger partial charge < -0.3 is 19.8 Å². The van der Waals surface area contributed by atoms with Gasteiger partial charge in [-0.05, 0) is 55.7 Å². The van der Waals surface area contributed by atoms with Gasteiger partial charge in [-0.2, -0.15) is 0 Å². The average molecular weight is 559 g/mol. The maximum absolute atomic E-state index is 13.7. The Morgan fingerprint density at radius 1 is 1.00 bits per heavy atom. The summed E-state index contributed by atoms with van der Waals surface area (Å²) in [7, 11) is 0. The Bertz CT molecular complexity index is 1320. The van der Waals surface area contributed by atoms with E-state index in [1.165, 1.54) is 12.1 Å². The summed E-state index contributed by atoms with van der Waals surface area (Å²) < 4.78 is 46.9. The van der Waals surface area contributed by atoms with Crippen LogP contribution in [0.3, 0.4) is 0 Å².